The van der Waals surface area contributed by atoms with Crippen LogP contribution in [0.2, 0.25) is 0 Å². The van der Waals surface area contributed by atoms with E-state index in [1.54, 1.807) is 6.07 Å². The van der Waals surface area contributed by atoms with Crippen LogP contribution >= 0.6 is 0 Å². The minimum Gasteiger partial charge on any atom is -0.508 e. The van der Waals surface area contributed by atoms with E-state index in [-0.39, 0.29) is 11.9 Å². The van der Waals surface area contributed by atoms with Crippen LogP contribution in [0.4, 0.5) is 5.69 Å². The van der Waals surface area contributed by atoms with Gasteiger partial charge in [0.05, 0.1) is 11.0 Å². The zero-order chi connectivity index (χ0) is 16.1. The van der Waals surface area contributed by atoms with Crippen molar-refractivity contribution >= 4 is 16.7 Å². The summed E-state index contributed by atoms with van der Waals surface area (Å²) in [6, 6.07) is 23.7. The Balaban J connectivity index is 1.86. The predicted molar refractivity (Wildman–Crippen MR) is 95.0 cm³/mol. The summed E-state index contributed by atoms with van der Waals surface area (Å²) < 4.78 is 2.16. The minimum absolute atomic E-state index is 0.205. The topological polar surface area (TPSA) is 50.1 Å². The van der Waals surface area contributed by atoms with Gasteiger partial charge in [0.25, 0.3) is 0 Å². The number of nitrogens with zero attached hydrogens (tertiary/aromatic N) is 2. The highest BCUT2D eigenvalue weighted by Crippen LogP contribution is 2.41. The maximum Gasteiger partial charge on any atom is 0.145 e. The van der Waals surface area contributed by atoms with E-state index in [9.17, 15) is 5.11 Å². The number of anilines is 1. The van der Waals surface area contributed by atoms with Crippen molar-refractivity contribution in [2.75, 3.05) is 5.32 Å². The maximum atomic E-state index is 10.4. The van der Waals surface area contributed by atoms with Gasteiger partial charge in [-0.15, -0.1) is 0 Å². The zero-order valence-corrected chi connectivity index (χ0v) is 12.8. The van der Waals surface area contributed by atoms with E-state index in [0.29, 0.717) is 0 Å². The van der Waals surface area contributed by atoms with Crippen LogP contribution in [0.3, 0.4) is 0 Å². The van der Waals surface area contributed by atoms with Crippen molar-refractivity contribution in [3.8, 4) is 17.1 Å². The van der Waals surface area contributed by atoms with Gasteiger partial charge in [0.15, 0.2) is 0 Å². The first-order chi connectivity index (χ1) is 11.8. The van der Waals surface area contributed by atoms with Crippen molar-refractivity contribution in [2.45, 2.75) is 6.17 Å². The maximum absolute atomic E-state index is 10.4. The van der Waals surface area contributed by atoms with Crippen molar-refractivity contribution in [2.24, 2.45) is 0 Å². The van der Waals surface area contributed by atoms with Gasteiger partial charge in [0.2, 0.25) is 0 Å². The van der Waals surface area contributed by atoms with E-state index in [1.165, 1.54) is 0 Å². The number of para-hydroxylation sites is 4. The zero-order valence-electron chi connectivity index (χ0n) is 12.8. The molecule has 0 radical (unpaired) electrons. The number of rotatable bonds is 1. The van der Waals surface area contributed by atoms with Crippen LogP contribution in [0.1, 0.15) is 11.7 Å². The molecule has 4 aromatic rings. The molecule has 116 valence electrons. The van der Waals surface area contributed by atoms with E-state index < -0.39 is 0 Å². The lowest BCUT2D eigenvalue weighted by atomic mass is 10.0. The van der Waals surface area contributed by atoms with Gasteiger partial charge in [0, 0.05) is 16.8 Å². The predicted octanol–water partition coefficient (Wildman–Crippen LogP) is 4.38. The second kappa shape index (κ2) is 4.86. The second-order valence-corrected chi connectivity index (χ2v) is 5.95. The molecule has 1 atom stereocenters. The molecule has 0 fully saturated rings. The lowest BCUT2D eigenvalue weighted by Crippen LogP contribution is -2.24. The Morgan fingerprint density at radius 2 is 1.62 bits per heavy atom. The van der Waals surface area contributed by atoms with Crippen LogP contribution < -0.4 is 5.32 Å². The Labute approximate surface area is 139 Å². The van der Waals surface area contributed by atoms with Crippen molar-refractivity contribution in [1.29, 1.82) is 0 Å². The molecule has 2 N–H and O–H groups in total. The van der Waals surface area contributed by atoms with Crippen LogP contribution in [0.5, 0.6) is 5.75 Å². The second-order valence-electron chi connectivity index (χ2n) is 5.95. The molecule has 1 aliphatic rings. The van der Waals surface area contributed by atoms with Gasteiger partial charge < -0.3 is 10.4 Å². The molecular weight excluding hydrogens is 298 g/mol. The summed E-state index contributed by atoms with van der Waals surface area (Å²) in [6.07, 6.45) is -0.205. The molecule has 4 heteroatoms. The van der Waals surface area contributed by atoms with Gasteiger partial charge in [0.1, 0.15) is 17.7 Å². The monoisotopic (exact) mass is 313 g/mol. The number of fused-ring (bicyclic) bond motifs is 5. The Kier molecular flexibility index (Phi) is 2.67. The third kappa shape index (κ3) is 1.77. The van der Waals surface area contributed by atoms with Gasteiger partial charge in [-0.25, -0.2) is 4.98 Å². The number of phenolic OH excluding ortho intramolecular Hbond substituents is 1. The van der Waals surface area contributed by atoms with Crippen molar-refractivity contribution in [3.05, 3.63) is 78.4 Å². The lowest BCUT2D eigenvalue weighted by Gasteiger charge is -2.30. The Morgan fingerprint density at radius 3 is 2.54 bits per heavy atom. The summed E-state index contributed by atoms with van der Waals surface area (Å²) in [4.78, 5) is 4.84. The average molecular weight is 313 g/mol. The van der Waals surface area contributed by atoms with Crippen LogP contribution in [0, 0.1) is 0 Å². The number of nitrogens with one attached hydrogen (secondary N) is 1. The first kappa shape index (κ1) is 13.2. The number of imidazole rings is 1. The molecule has 1 aromatic heterocycles. The third-order valence-electron chi connectivity index (χ3n) is 4.55. The van der Waals surface area contributed by atoms with Gasteiger partial charge in [-0.2, -0.15) is 0 Å². The van der Waals surface area contributed by atoms with Gasteiger partial charge in [-0.1, -0.05) is 42.5 Å². The Morgan fingerprint density at radius 1 is 0.875 bits per heavy atom. The number of phenols is 1. The molecule has 24 heavy (non-hydrogen) atoms. The SMILES string of the molecule is Oc1ccccc1[C@H]1Nc2ccccc2-c2nc3ccccc3n21. The molecule has 0 aliphatic carbocycles. The minimum atomic E-state index is -0.205. The summed E-state index contributed by atoms with van der Waals surface area (Å²) >= 11 is 0. The fraction of sp³-hybridized carbons (Fsp3) is 0.0500. The highest BCUT2D eigenvalue weighted by atomic mass is 16.3. The van der Waals surface area contributed by atoms with Crippen molar-refractivity contribution in [1.82, 2.24) is 9.55 Å². The summed E-state index contributed by atoms with van der Waals surface area (Å²) in [7, 11) is 0. The van der Waals surface area contributed by atoms with E-state index in [2.05, 4.69) is 22.0 Å². The van der Waals surface area contributed by atoms with E-state index in [1.807, 2.05) is 54.6 Å². The van der Waals surface area contributed by atoms with Crippen LogP contribution in [0.25, 0.3) is 22.4 Å². The summed E-state index contributed by atoms with van der Waals surface area (Å²) in [6.45, 7) is 0. The molecule has 0 saturated heterocycles. The molecule has 5 rings (SSSR count). The number of hydrogen-bond donors (Lipinski definition) is 2. The molecule has 0 amide bonds. The number of benzene rings is 3. The van der Waals surface area contributed by atoms with Crippen LogP contribution in [-0.4, -0.2) is 14.7 Å². The number of aromatic hydroxyl groups is 1. The molecule has 3 aromatic carbocycles. The standard InChI is InChI=1S/C20H15N3O/c24-18-12-6-2-8-14(18)20-21-15-9-3-1-7-13(15)19-22-16-10-4-5-11-17(16)23(19)20/h1-12,20-21,24H/t20-/m0/s1. The van der Waals surface area contributed by atoms with Crippen LogP contribution in [-0.2, 0) is 0 Å². The van der Waals surface area contributed by atoms with E-state index in [4.69, 9.17) is 4.98 Å². The Bertz CT molecular complexity index is 1070. The molecule has 1 aliphatic heterocycles. The van der Waals surface area contributed by atoms with Crippen molar-refractivity contribution < 1.29 is 5.11 Å². The van der Waals surface area contributed by atoms with Crippen LogP contribution in [0.15, 0.2) is 72.8 Å². The highest BCUT2D eigenvalue weighted by Gasteiger charge is 2.29. The molecule has 0 bridgehead atoms. The molecule has 0 unspecified atom stereocenters. The first-order valence-electron chi connectivity index (χ1n) is 7.94. The molecule has 0 saturated carbocycles. The van der Waals surface area contributed by atoms with Gasteiger partial charge in [-0.05, 0) is 30.3 Å². The van der Waals surface area contributed by atoms with Crippen molar-refractivity contribution in [3.63, 3.8) is 0 Å². The number of aromatic nitrogens is 2. The smallest absolute Gasteiger partial charge is 0.145 e. The first-order valence-corrected chi connectivity index (χ1v) is 7.94. The van der Waals surface area contributed by atoms with Gasteiger partial charge in [-0.3, -0.25) is 4.57 Å². The normalized spacial score (nSPS) is 15.6. The largest absolute Gasteiger partial charge is 0.508 e. The summed E-state index contributed by atoms with van der Waals surface area (Å²) in [5, 5.41) is 13.9. The third-order valence-corrected chi connectivity index (χ3v) is 4.55. The average Bonchev–Trinajstić information content (AvgIpc) is 3.01. The number of hydrogen-bond acceptors (Lipinski definition) is 3. The molecule has 0 spiro atoms. The lowest BCUT2D eigenvalue weighted by molar-refractivity contribution is 0.459. The van der Waals surface area contributed by atoms with Gasteiger partial charge >= 0.3 is 0 Å². The quantitative estimate of drug-likeness (QED) is 0.548. The molecule has 2 heterocycles. The fourth-order valence-corrected chi connectivity index (χ4v) is 3.45. The summed E-state index contributed by atoms with van der Waals surface area (Å²) in [5.41, 5.74) is 4.92. The molecular formula is C20H15N3O. The summed E-state index contributed by atoms with van der Waals surface area (Å²) in [5.74, 6) is 1.19. The van der Waals surface area contributed by atoms with E-state index >= 15 is 0 Å². The molecule has 4 nitrogen and oxygen atoms in total. The van der Waals surface area contributed by atoms with E-state index in [0.717, 1.165) is 33.7 Å². The fourth-order valence-electron chi connectivity index (χ4n) is 3.45. The Hall–Kier alpha value is -3.27. The highest BCUT2D eigenvalue weighted by molar-refractivity contribution is 5.86.